The average Bonchev–Trinajstić information content (AvgIpc) is 2.76. The molecule has 0 radical (unpaired) electrons. The monoisotopic (exact) mass is 220 g/mol. The standard InChI is InChI=1S/C11H16N4O/c1-6-10(13-5-14-11(6)16-2)15-9-7-3-12-4-8(7)9/h5,7-9,12H,3-4H2,1-2H3,(H,13,14,15). The molecule has 2 heterocycles. The number of hydrogen-bond donors (Lipinski definition) is 2. The summed E-state index contributed by atoms with van der Waals surface area (Å²) in [7, 11) is 1.63. The number of rotatable bonds is 3. The number of hydrogen-bond acceptors (Lipinski definition) is 5. The SMILES string of the molecule is COc1ncnc(NC2C3CNCC32)c1C. The molecular weight excluding hydrogens is 204 g/mol. The Bertz CT molecular complexity index is 399. The molecule has 0 spiro atoms. The highest BCUT2D eigenvalue weighted by atomic mass is 16.5. The molecule has 1 aliphatic heterocycles. The third kappa shape index (κ3) is 1.43. The second-order valence-corrected chi connectivity index (χ2v) is 4.51. The molecule has 0 aromatic carbocycles. The zero-order chi connectivity index (χ0) is 11.1. The lowest BCUT2D eigenvalue weighted by Gasteiger charge is -2.11. The first-order valence-corrected chi connectivity index (χ1v) is 5.64. The molecule has 2 N–H and O–H groups in total. The molecule has 0 bridgehead atoms. The maximum Gasteiger partial charge on any atom is 0.221 e. The van der Waals surface area contributed by atoms with Crippen LogP contribution in [0.15, 0.2) is 6.33 Å². The second-order valence-electron chi connectivity index (χ2n) is 4.51. The number of piperidine rings is 1. The van der Waals surface area contributed by atoms with Crippen LogP contribution < -0.4 is 15.4 Å². The predicted molar refractivity (Wildman–Crippen MR) is 60.6 cm³/mol. The van der Waals surface area contributed by atoms with Crippen LogP contribution in [-0.4, -0.2) is 36.2 Å². The van der Waals surface area contributed by atoms with Crippen LogP contribution in [0, 0.1) is 18.8 Å². The van der Waals surface area contributed by atoms with E-state index in [2.05, 4.69) is 20.6 Å². The summed E-state index contributed by atoms with van der Waals surface area (Å²) in [5.41, 5.74) is 0.989. The van der Waals surface area contributed by atoms with E-state index in [1.807, 2.05) is 6.92 Å². The number of fused-ring (bicyclic) bond motifs is 1. The lowest BCUT2D eigenvalue weighted by Crippen LogP contribution is -2.22. The van der Waals surface area contributed by atoms with Crippen molar-refractivity contribution in [3.63, 3.8) is 0 Å². The van der Waals surface area contributed by atoms with Gasteiger partial charge in [0.25, 0.3) is 0 Å². The minimum absolute atomic E-state index is 0.583. The van der Waals surface area contributed by atoms with Gasteiger partial charge in [-0.05, 0) is 18.8 Å². The van der Waals surface area contributed by atoms with Gasteiger partial charge in [-0.1, -0.05) is 0 Å². The van der Waals surface area contributed by atoms with Crippen molar-refractivity contribution < 1.29 is 4.74 Å². The van der Waals surface area contributed by atoms with E-state index in [4.69, 9.17) is 4.74 Å². The Morgan fingerprint density at radius 3 is 2.81 bits per heavy atom. The molecule has 2 fully saturated rings. The van der Waals surface area contributed by atoms with Gasteiger partial charge in [0, 0.05) is 19.1 Å². The molecule has 1 saturated carbocycles. The number of methoxy groups -OCH3 is 1. The van der Waals surface area contributed by atoms with Crippen LogP contribution in [0.2, 0.25) is 0 Å². The van der Waals surface area contributed by atoms with E-state index in [1.165, 1.54) is 0 Å². The normalized spacial score (nSPS) is 31.0. The van der Waals surface area contributed by atoms with Crippen LogP contribution in [0.5, 0.6) is 5.88 Å². The van der Waals surface area contributed by atoms with Gasteiger partial charge in [-0.2, -0.15) is 0 Å². The van der Waals surface area contributed by atoms with Gasteiger partial charge in [-0.3, -0.25) is 0 Å². The Hall–Kier alpha value is -1.36. The van der Waals surface area contributed by atoms with Gasteiger partial charge in [0.05, 0.1) is 12.7 Å². The van der Waals surface area contributed by atoms with Gasteiger partial charge in [-0.25, -0.2) is 9.97 Å². The van der Waals surface area contributed by atoms with Gasteiger partial charge < -0.3 is 15.4 Å². The highest BCUT2D eigenvalue weighted by Gasteiger charge is 2.53. The highest BCUT2D eigenvalue weighted by Crippen LogP contribution is 2.44. The molecular formula is C11H16N4O. The van der Waals surface area contributed by atoms with Gasteiger partial charge >= 0.3 is 0 Å². The first-order valence-electron chi connectivity index (χ1n) is 5.64. The van der Waals surface area contributed by atoms with Crippen molar-refractivity contribution in [2.45, 2.75) is 13.0 Å². The molecule has 1 aromatic heterocycles. The molecule has 0 amide bonds. The van der Waals surface area contributed by atoms with Crippen molar-refractivity contribution in [3.8, 4) is 5.88 Å². The molecule has 2 aliphatic rings. The number of anilines is 1. The zero-order valence-electron chi connectivity index (χ0n) is 9.53. The average molecular weight is 220 g/mol. The molecule has 1 aliphatic carbocycles. The molecule has 2 atom stereocenters. The summed E-state index contributed by atoms with van der Waals surface area (Å²) in [6, 6.07) is 0.583. The van der Waals surface area contributed by atoms with E-state index in [9.17, 15) is 0 Å². The van der Waals surface area contributed by atoms with Crippen molar-refractivity contribution in [1.29, 1.82) is 0 Å². The maximum absolute atomic E-state index is 5.18. The minimum atomic E-state index is 0.583. The minimum Gasteiger partial charge on any atom is -0.481 e. The van der Waals surface area contributed by atoms with E-state index in [1.54, 1.807) is 13.4 Å². The molecule has 1 aromatic rings. The predicted octanol–water partition coefficient (Wildman–Crippen LogP) is 0.423. The second kappa shape index (κ2) is 3.59. The fraction of sp³-hybridized carbons (Fsp3) is 0.636. The van der Waals surface area contributed by atoms with Crippen molar-refractivity contribution in [2.75, 3.05) is 25.5 Å². The van der Waals surface area contributed by atoms with E-state index in [0.717, 1.165) is 36.3 Å². The van der Waals surface area contributed by atoms with Gasteiger partial charge in [-0.15, -0.1) is 0 Å². The Balaban J connectivity index is 1.75. The molecule has 5 nitrogen and oxygen atoms in total. The number of ether oxygens (including phenoxy) is 1. The molecule has 16 heavy (non-hydrogen) atoms. The maximum atomic E-state index is 5.18. The zero-order valence-corrected chi connectivity index (χ0v) is 9.53. The van der Waals surface area contributed by atoms with Crippen molar-refractivity contribution in [3.05, 3.63) is 11.9 Å². The van der Waals surface area contributed by atoms with Crippen LogP contribution in [0.1, 0.15) is 5.56 Å². The number of nitrogens with one attached hydrogen (secondary N) is 2. The van der Waals surface area contributed by atoms with Gasteiger partial charge in [0.2, 0.25) is 5.88 Å². The quantitative estimate of drug-likeness (QED) is 0.773. The van der Waals surface area contributed by atoms with Crippen LogP contribution >= 0.6 is 0 Å². The van der Waals surface area contributed by atoms with Crippen LogP contribution in [-0.2, 0) is 0 Å². The first-order chi connectivity index (χ1) is 7.81. The smallest absolute Gasteiger partial charge is 0.221 e. The molecule has 3 rings (SSSR count). The summed E-state index contributed by atoms with van der Waals surface area (Å²) in [6.07, 6.45) is 1.55. The summed E-state index contributed by atoms with van der Waals surface area (Å²) in [5, 5.41) is 6.87. The van der Waals surface area contributed by atoms with E-state index in [-0.39, 0.29) is 0 Å². The van der Waals surface area contributed by atoms with Crippen LogP contribution in [0.3, 0.4) is 0 Å². The number of aromatic nitrogens is 2. The van der Waals surface area contributed by atoms with Gasteiger partial charge in [0.15, 0.2) is 0 Å². The summed E-state index contributed by atoms with van der Waals surface area (Å²) < 4.78 is 5.18. The summed E-state index contributed by atoms with van der Waals surface area (Å²) >= 11 is 0. The van der Waals surface area contributed by atoms with Crippen LogP contribution in [0.4, 0.5) is 5.82 Å². The lowest BCUT2D eigenvalue weighted by molar-refractivity contribution is 0.393. The molecule has 1 saturated heterocycles. The summed E-state index contributed by atoms with van der Waals surface area (Å²) in [4.78, 5) is 8.34. The van der Waals surface area contributed by atoms with Gasteiger partial charge in [0.1, 0.15) is 12.1 Å². The van der Waals surface area contributed by atoms with E-state index >= 15 is 0 Å². The topological polar surface area (TPSA) is 59.1 Å². The van der Waals surface area contributed by atoms with Crippen molar-refractivity contribution in [1.82, 2.24) is 15.3 Å². The Morgan fingerprint density at radius 1 is 1.38 bits per heavy atom. The third-order valence-electron chi connectivity index (χ3n) is 3.63. The number of nitrogens with zero attached hydrogens (tertiary/aromatic N) is 2. The Kier molecular flexibility index (Phi) is 2.21. The van der Waals surface area contributed by atoms with Crippen LogP contribution in [0.25, 0.3) is 0 Å². The molecule has 5 heteroatoms. The molecule has 2 unspecified atom stereocenters. The highest BCUT2D eigenvalue weighted by molar-refractivity contribution is 5.50. The Morgan fingerprint density at radius 2 is 2.12 bits per heavy atom. The third-order valence-corrected chi connectivity index (χ3v) is 3.63. The largest absolute Gasteiger partial charge is 0.481 e. The summed E-state index contributed by atoms with van der Waals surface area (Å²) in [6.45, 7) is 4.24. The molecule has 86 valence electrons. The van der Waals surface area contributed by atoms with E-state index in [0.29, 0.717) is 11.9 Å². The fourth-order valence-corrected chi connectivity index (χ4v) is 2.58. The Labute approximate surface area is 94.6 Å². The first kappa shape index (κ1) is 9.84. The van der Waals surface area contributed by atoms with E-state index < -0.39 is 0 Å². The van der Waals surface area contributed by atoms with Crippen molar-refractivity contribution >= 4 is 5.82 Å². The fourth-order valence-electron chi connectivity index (χ4n) is 2.58. The lowest BCUT2D eigenvalue weighted by atomic mass is 10.3. The van der Waals surface area contributed by atoms with Crippen molar-refractivity contribution in [2.24, 2.45) is 11.8 Å². The summed E-state index contributed by atoms with van der Waals surface area (Å²) in [5.74, 6) is 3.12.